The van der Waals surface area contributed by atoms with Crippen LogP contribution in [0.3, 0.4) is 0 Å². The van der Waals surface area contributed by atoms with Crippen LogP contribution < -0.4 is 5.32 Å². The van der Waals surface area contributed by atoms with Crippen LogP contribution in [0.1, 0.15) is 37.9 Å². The van der Waals surface area contributed by atoms with Crippen molar-refractivity contribution >= 4 is 0 Å². The fourth-order valence-corrected chi connectivity index (χ4v) is 3.72. The summed E-state index contributed by atoms with van der Waals surface area (Å²) in [5, 5.41) is 13.2. The summed E-state index contributed by atoms with van der Waals surface area (Å²) in [6.45, 7) is 3.04. The number of fused-ring (bicyclic) bond motifs is 1. The number of imidazole rings is 1. The Bertz CT molecular complexity index is 541. The van der Waals surface area contributed by atoms with Crippen LogP contribution in [0.4, 0.5) is 0 Å². The molecule has 20 heavy (non-hydrogen) atoms. The van der Waals surface area contributed by atoms with Gasteiger partial charge < -0.3 is 4.57 Å². The average Bonchev–Trinajstić information content (AvgIpc) is 3.01. The van der Waals surface area contributed by atoms with E-state index in [-0.39, 0.29) is 5.54 Å². The second kappa shape index (κ2) is 4.57. The van der Waals surface area contributed by atoms with Gasteiger partial charge in [-0.15, -0.1) is 0 Å². The highest BCUT2D eigenvalue weighted by Gasteiger charge is 2.44. The molecule has 2 atom stereocenters. The minimum Gasteiger partial charge on any atom is -0.333 e. The topological polar surface area (TPSA) is 56.9 Å². The molecule has 5 heteroatoms. The molecular weight excluding hydrogens is 250 g/mol. The molecule has 0 radical (unpaired) electrons. The number of hydrogen-bond donors (Lipinski definition) is 1. The highest BCUT2D eigenvalue weighted by molar-refractivity contribution is 5.16. The van der Waals surface area contributed by atoms with Gasteiger partial charge in [-0.3, -0.25) is 10.2 Å². The van der Waals surface area contributed by atoms with Crippen molar-refractivity contribution in [3.05, 3.63) is 18.2 Å². The van der Waals surface area contributed by atoms with E-state index in [1.54, 1.807) is 0 Å². The molecule has 0 saturated heterocycles. The molecule has 2 aliphatic carbocycles. The fourth-order valence-electron chi connectivity index (χ4n) is 3.72. The van der Waals surface area contributed by atoms with Crippen molar-refractivity contribution in [1.29, 1.82) is 5.26 Å². The van der Waals surface area contributed by atoms with Crippen LogP contribution in [0.25, 0.3) is 0 Å². The molecule has 2 fully saturated rings. The van der Waals surface area contributed by atoms with Gasteiger partial charge >= 0.3 is 0 Å². The number of nitrogens with one attached hydrogen (secondary N) is 1. The van der Waals surface area contributed by atoms with Crippen LogP contribution in [0.2, 0.25) is 0 Å². The first-order valence-electron chi connectivity index (χ1n) is 7.71. The Morgan fingerprint density at radius 1 is 1.35 bits per heavy atom. The molecule has 1 aromatic heterocycles. The van der Waals surface area contributed by atoms with Crippen LogP contribution >= 0.6 is 0 Å². The number of nitriles is 1. The summed E-state index contributed by atoms with van der Waals surface area (Å²) in [6.07, 6.45) is 9.55. The molecule has 1 N–H and O–H groups in total. The van der Waals surface area contributed by atoms with Gasteiger partial charge in [-0.25, -0.2) is 4.98 Å². The van der Waals surface area contributed by atoms with Crippen molar-refractivity contribution in [3.8, 4) is 6.07 Å². The summed E-state index contributed by atoms with van der Waals surface area (Å²) in [7, 11) is 0. The first-order chi connectivity index (χ1) is 9.78. The predicted octanol–water partition coefficient (Wildman–Crippen LogP) is 1.27. The van der Waals surface area contributed by atoms with Crippen molar-refractivity contribution in [2.24, 2.45) is 0 Å². The Balaban J connectivity index is 1.44. The van der Waals surface area contributed by atoms with E-state index >= 15 is 0 Å². The van der Waals surface area contributed by atoms with Gasteiger partial charge in [0.05, 0.1) is 12.6 Å². The van der Waals surface area contributed by atoms with E-state index in [4.69, 9.17) is 0 Å². The molecule has 2 unspecified atom stereocenters. The van der Waals surface area contributed by atoms with Crippen LogP contribution in [0, 0.1) is 11.3 Å². The van der Waals surface area contributed by atoms with E-state index in [1.807, 2.05) is 6.20 Å². The largest absolute Gasteiger partial charge is 0.333 e. The summed E-state index contributed by atoms with van der Waals surface area (Å²) in [5.74, 6) is 1.17. The maximum Gasteiger partial charge on any atom is 0.122 e. The summed E-state index contributed by atoms with van der Waals surface area (Å²) in [4.78, 5) is 6.96. The molecular formula is C15H21N5. The van der Waals surface area contributed by atoms with Crippen molar-refractivity contribution in [3.63, 3.8) is 0 Å². The Kier molecular flexibility index (Phi) is 2.83. The number of nitrogens with zero attached hydrogens (tertiary/aromatic N) is 4. The second-order valence-corrected chi connectivity index (χ2v) is 6.52. The molecule has 106 valence electrons. The normalized spacial score (nSPS) is 33.9. The Morgan fingerprint density at radius 2 is 2.25 bits per heavy atom. The lowest BCUT2D eigenvalue weighted by Crippen LogP contribution is -2.46. The molecule has 1 aliphatic heterocycles. The average molecular weight is 271 g/mol. The fraction of sp³-hybridized carbons (Fsp3) is 0.733. The third kappa shape index (κ3) is 2.13. The first-order valence-corrected chi connectivity index (χ1v) is 7.71. The van der Waals surface area contributed by atoms with Gasteiger partial charge in [0.2, 0.25) is 0 Å². The zero-order valence-electron chi connectivity index (χ0n) is 11.8. The lowest BCUT2D eigenvalue weighted by atomic mass is 9.99. The van der Waals surface area contributed by atoms with Gasteiger partial charge in [0.1, 0.15) is 11.4 Å². The molecule has 2 heterocycles. The van der Waals surface area contributed by atoms with Gasteiger partial charge in [-0.1, -0.05) is 0 Å². The SMILES string of the molecule is N#CC1(NC2CC2)CCC(N2CCn3ccnc3C2)C1. The third-order valence-electron chi connectivity index (χ3n) is 5.05. The highest BCUT2D eigenvalue weighted by Crippen LogP contribution is 2.36. The Morgan fingerprint density at radius 3 is 3.05 bits per heavy atom. The van der Waals surface area contributed by atoms with Gasteiger partial charge in [-0.05, 0) is 32.1 Å². The standard InChI is InChI=1S/C15H21N5/c16-11-15(18-12-1-2-12)4-3-13(9-15)20-8-7-19-6-5-17-14(19)10-20/h5-6,12-13,18H,1-4,7-10H2. The van der Waals surface area contributed by atoms with Gasteiger partial charge in [0.25, 0.3) is 0 Å². The maximum absolute atomic E-state index is 9.59. The van der Waals surface area contributed by atoms with Gasteiger partial charge in [0, 0.05) is 37.6 Å². The van der Waals surface area contributed by atoms with E-state index in [2.05, 4.69) is 32.0 Å². The molecule has 0 aromatic carbocycles. The van der Waals surface area contributed by atoms with Crippen LogP contribution in [0.15, 0.2) is 12.4 Å². The Labute approximate surface area is 119 Å². The smallest absolute Gasteiger partial charge is 0.122 e. The lowest BCUT2D eigenvalue weighted by Gasteiger charge is -2.33. The minimum atomic E-state index is -0.265. The highest BCUT2D eigenvalue weighted by atomic mass is 15.3. The molecule has 5 nitrogen and oxygen atoms in total. The second-order valence-electron chi connectivity index (χ2n) is 6.52. The van der Waals surface area contributed by atoms with Gasteiger partial charge in [0.15, 0.2) is 0 Å². The monoisotopic (exact) mass is 271 g/mol. The molecule has 1 aromatic rings. The quantitative estimate of drug-likeness (QED) is 0.899. The van der Waals surface area contributed by atoms with Crippen molar-refractivity contribution < 1.29 is 0 Å². The van der Waals surface area contributed by atoms with E-state index in [1.165, 1.54) is 18.7 Å². The van der Waals surface area contributed by atoms with E-state index in [9.17, 15) is 5.26 Å². The van der Waals surface area contributed by atoms with E-state index in [0.717, 1.165) is 38.9 Å². The third-order valence-corrected chi connectivity index (χ3v) is 5.05. The van der Waals surface area contributed by atoms with Crippen LogP contribution in [-0.4, -0.2) is 38.6 Å². The zero-order chi connectivity index (χ0) is 13.6. The molecule has 0 bridgehead atoms. The Hall–Kier alpha value is -1.38. The molecule has 3 aliphatic rings. The van der Waals surface area contributed by atoms with Gasteiger partial charge in [-0.2, -0.15) is 5.26 Å². The number of aromatic nitrogens is 2. The molecule has 0 amide bonds. The molecule has 0 spiro atoms. The summed E-state index contributed by atoms with van der Waals surface area (Å²) in [5.41, 5.74) is -0.265. The van der Waals surface area contributed by atoms with Crippen LogP contribution in [-0.2, 0) is 13.1 Å². The minimum absolute atomic E-state index is 0.265. The first kappa shape index (κ1) is 12.4. The molecule has 4 rings (SSSR count). The number of hydrogen-bond acceptors (Lipinski definition) is 4. The zero-order valence-corrected chi connectivity index (χ0v) is 11.8. The summed E-state index contributed by atoms with van der Waals surface area (Å²) >= 11 is 0. The molecule has 2 saturated carbocycles. The van der Waals surface area contributed by atoms with E-state index < -0.39 is 0 Å². The summed E-state index contributed by atoms with van der Waals surface area (Å²) in [6, 6.07) is 3.71. The maximum atomic E-state index is 9.59. The van der Waals surface area contributed by atoms with Crippen molar-refractivity contribution in [2.75, 3.05) is 6.54 Å². The van der Waals surface area contributed by atoms with Crippen LogP contribution in [0.5, 0.6) is 0 Å². The summed E-state index contributed by atoms with van der Waals surface area (Å²) < 4.78 is 2.24. The lowest BCUT2D eigenvalue weighted by molar-refractivity contribution is 0.149. The number of rotatable bonds is 3. The van der Waals surface area contributed by atoms with Crippen molar-refractivity contribution in [2.45, 2.75) is 62.8 Å². The predicted molar refractivity (Wildman–Crippen MR) is 74.8 cm³/mol. The van der Waals surface area contributed by atoms with Crippen molar-refractivity contribution in [1.82, 2.24) is 19.8 Å². The van der Waals surface area contributed by atoms with E-state index in [0.29, 0.717) is 12.1 Å².